The van der Waals surface area contributed by atoms with Crippen LogP contribution in [0.15, 0.2) is 28.1 Å². The Balaban J connectivity index is 2.48. The topological polar surface area (TPSA) is 36.7 Å². The van der Waals surface area contributed by atoms with Crippen LogP contribution in [0, 0.1) is 17.1 Å². The van der Waals surface area contributed by atoms with Gasteiger partial charge in [-0.3, -0.25) is 0 Å². The molecule has 0 unspecified atom stereocenters. The summed E-state index contributed by atoms with van der Waals surface area (Å²) in [6.07, 6.45) is 0. The quantitative estimate of drug-likeness (QED) is 0.814. The Kier molecular flexibility index (Phi) is 3.51. The van der Waals surface area contributed by atoms with E-state index in [9.17, 15) is 4.39 Å². The highest BCUT2D eigenvalue weighted by atomic mass is 79.9. The lowest BCUT2D eigenvalue weighted by Gasteiger charge is -2.10. The lowest BCUT2D eigenvalue weighted by atomic mass is 9.97. The van der Waals surface area contributed by atoms with Crippen molar-refractivity contribution in [2.24, 2.45) is 0 Å². The van der Waals surface area contributed by atoms with Gasteiger partial charge in [0.2, 0.25) is 0 Å². The Morgan fingerprint density at radius 1 is 1.44 bits per heavy atom. The Morgan fingerprint density at radius 2 is 2.17 bits per heavy atom. The van der Waals surface area contributed by atoms with Gasteiger partial charge in [-0.15, -0.1) is 11.3 Å². The molecule has 0 spiro atoms. The van der Waals surface area contributed by atoms with Crippen molar-refractivity contribution in [2.45, 2.75) is 19.3 Å². The summed E-state index contributed by atoms with van der Waals surface area (Å²) >= 11 is 4.69. The number of nitrogens with zero attached hydrogens (tertiary/aromatic N) is 2. The molecule has 0 amide bonds. The van der Waals surface area contributed by atoms with Crippen LogP contribution in [0.2, 0.25) is 0 Å². The summed E-state index contributed by atoms with van der Waals surface area (Å²) in [5.74, 6) is -0.315. The van der Waals surface area contributed by atoms with Crippen LogP contribution in [-0.4, -0.2) is 4.98 Å². The molecule has 0 N–H and O–H groups in total. The van der Waals surface area contributed by atoms with Crippen molar-refractivity contribution in [3.63, 3.8) is 0 Å². The summed E-state index contributed by atoms with van der Waals surface area (Å²) in [4.78, 5) is 4.36. The molecular weight excluding hydrogens is 315 g/mol. The van der Waals surface area contributed by atoms with Crippen LogP contribution in [0.4, 0.5) is 4.39 Å². The van der Waals surface area contributed by atoms with Crippen molar-refractivity contribution in [1.29, 1.82) is 5.26 Å². The van der Waals surface area contributed by atoms with Crippen LogP contribution in [0.5, 0.6) is 0 Å². The first-order chi connectivity index (χ1) is 8.44. The minimum Gasteiger partial charge on any atom is -0.239 e. The highest BCUT2D eigenvalue weighted by molar-refractivity contribution is 9.10. The molecule has 0 saturated heterocycles. The fourth-order valence-corrected chi connectivity index (χ4v) is 2.68. The summed E-state index contributed by atoms with van der Waals surface area (Å²) in [5.41, 5.74) is 0.364. The van der Waals surface area contributed by atoms with Gasteiger partial charge in [0.25, 0.3) is 0 Å². The average Bonchev–Trinajstić information content (AvgIpc) is 2.82. The van der Waals surface area contributed by atoms with Gasteiger partial charge in [-0.1, -0.05) is 15.9 Å². The van der Waals surface area contributed by atoms with Gasteiger partial charge in [-0.25, -0.2) is 9.37 Å². The number of thiazole rings is 1. The smallest absolute Gasteiger partial charge is 0.132 e. The zero-order chi connectivity index (χ0) is 13.3. The predicted octanol–water partition coefficient (Wildman–Crippen LogP) is 4.51. The number of rotatable bonds is 2. The second-order valence-corrected chi connectivity index (χ2v) is 6.17. The first kappa shape index (κ1) is 13.2. The predicted molar refractivity (Wildman–Crippen MR) is 73.8 cm³/mol. The lowest BCUT2D eigenvalue weighted by molar-refractivity contribution is 0.630. The molecule has 0 aliphatic rings. The van der Waals surface area contributed by atoms with E-state index >= 15 is 0 Å². The van der Waals surface area contributed by atoms with Gasteiger partial charge in [-0.05, 0) is 32.0 Å². The zero-order valence-electron chi connectivity index (χ0n) is 9.87. The second kappa shape index (κ2) is 4.79. The van der Waals surface area contributed by atoms with Crippen molar-refractivity contribution in [2.75, 3.05) is 0 Å². The molecule has 18 heavy (non-hydrogen) atoms. The minimum absolute atomic E-state index is 0.315. The van der Waals surface area contributed by atoms with E-state index in [1.54, 1.807) is 31.4 Å². The van der Waals surface area contributed by atoms with Crippen LogP contribution in [0.3, 0.4) is 0 Å². The van der Waals surface area contributed by atoms with E-state index in [2.05, 4.69) is 27.0 Å². The van der Waals surface area contributed by atoms with Gasteiger partial charge in [-0.2, -0.15) is 5.26 Å². The highest BCUT2D eigenvalue weighted by Crippen LogP contribution is 2.32. The first-order valence-electron chi connectivity index (χ1n) is 5.27. The normalized spacial score (nSPS) is 11.3. The van der Waals surface area contributed by atoms with Crippen molar-refractivity contribution >= 4 is 27.3 Å². The van der Waals surface area contributed by atoms with Crippen LogP contribution in [0.25, 0.3) is 11.3 Å². The van der Waals surface area contributed by atoms with Crippen LogP contribution < -0.4 is 0 Å². The fourth-order valence-electron chi connectivity index (χ4n) is 1.43. The van der Waals surface area contributed by atoms with E-state index < -0.39 is 5.41 Å². The number of halogens is 2. The SMILES string of the molecule is CC(C)(C#N)c1nc(-c2cc(Br)ccc2F)cs1. The first-order valence-corrected chi connectivity index (χ1v) is 6.94. The maximum Gasteiger partial charge on any atom is 0.132 e. The highest BCUT2D eigenvalue weighted by Gasteiger charge is 2.24. The molecule has 0 fully saturated rings. The third kappa shape index (κ3) is 2.45. The summed E-state index contributed by atoms with van der Waals surface area (Å²) < 4.78 is 14.5. The molecule has 0 aliphatic heterocycles. The molecule has 2 rings (SSSR count). The molecule has 0 saturated carbocycles. The van der Waals surface area contributed by atoms with Crippen molar-refractivity contribution < 1.29 is 4.39 Å². The Bertz CT molecular complexity index is 628. The molecule has 0 radical (unpaired) electrons. The summed E-state index contributed by atoms with van der Waals surface area (Å²) in [5, 5.41) is 11.5. The molecule has 1 aromatic carbocycles. The fraction of sp³-hybridized carbons (Fsp3) is 0.231. The number of hydrogen-bond acceptors (Lipinski definition) is 3. The third-order valence-electron chi connectivity index (χ3n) is 2.52. The van der Waals surface area contributed by atoms with Crippen LogP contribution >= 0.6 is 27.3 Å². The molecule has 0 bridgehead atoms. The van der Waals surface area contributed by atoms with Crippen LogP contribution in [0.1, 0.15) is 18.9 Å². The molecule has 0 atom stereocenters. The van der Waals surface area contributed by atoms with Gasteiger partial charge in [0.15, 0.2) is 0 Å². The Labute approximate surface area is 117 Å². The van der Waals surface area contributed by atoms with Crippen molar-refractivity contribution in [1.82, 2.24) is 4.98 Å². The van der Waals surface area contributed by atoms with E-state index in [0.717, 1.165) is 4.47 Å². The summed E-state index contributed by atoms with van der Waals surface area (Å²) in [7, 11) is 0. The molecule has 0 aliphatic carbocycles. The van der Waals surface area contributed by atoms with Gasteiger partial charge in [0.1, 0.15) is 16.2 Å². The van der Waals surface area contributed by atoms with Crippen molar-refractivity contribution in [3.05, 3.63) is 38.9 Å². The Hall–Kier alpha value is -1.25. The maximum atomic E-state index is 13.7. The largest absolute Gasteiger partial charge is 0.239 e. The zero-order valence-corrected chi connectivity index (χ0v) is 12.3. The molecular formula is C13H10BrFN2S. The number of hydrogen-bond donors (Lipinski definition) is 0. The van der Waals surface area contributed by atoms with E-state index in [4.69, 9.17) is 5.26 Å². The van der Waals surface area contributed by atoms with E-state index in [-0.39, 0.29) is 5.82 Å². The van der Waals surface area contributed by atoms with Gasteiger partial charge < -0.3 is 0 Å². The lowest BCUT2D eigenvalue weighted by Crippen LogP contribution is -2.13. The van der Waals surface area contributed by atoms with Gasteiger partial charge in [0.05, 0.1) is 11.8 Å². The number of benzene rings is 1. The van der Waals surface area contributed by atoms with E-state index in [0.29, 0.717) is 16.3 Å². The maximum absolute atomic E-state index is 13.7. The molecule has 1 heterocycles. The summed E-state index contributed by atoms with van der Waals surface area (Å²) in [6.45, 7) is 3.60. The van der Waals surface area contributed by atoms with Gasteiger partial charge >= 0.3 is 0 Å². The number of nitriles is 1. The van der Waals surface area contributed by atoms with Crippen LogP contribution in [-0.2, 0) is 5.41 Å². The monoisotopic (exact) mass is 324 g/mol. The molecule has 5 heteroatoms. The molecule has 92 valence electrons. The molecule has 2 nitrogen and oxygen atoms in total. The average molecular weight is 325 g/mol. The molecule has 1 aromatic heterocycles. The van der Waals surface area contributed by atoms with Crippen molar-refractivity contribution in [3.8, 4) is 17.3 Å². The standard InChI is InChI=1S/C13H10BrFN2S/c1-13(2,7-16)12-17-11(6-18-12)9-5-8(14)3-4-10(9)15/h3-6H,1-2H3. The summed E-state index contributed by atoms with van der Waals surface area (Å²) in [6, 6.07) is 6.92. The van der Waals surface area contributed by atoms with Gasteiger partial charge in [0, 0.05) is 15.4 Å². The van der Waals surface area contributed by atoms with E-state index in [1.165, 1.54) is 17.4 Å². The Morgan fingerprint density at radius 3 is 2.83 bits per heavy atom. The third-order valence-corrected chi connectivity index (χ3v) is 4.18. The number of aromatic nitrogens is 1. The molecule has 2 aromatic rings. The second-order valence-electron chi connectivity index (χ2n) is 4.40. The van der Waals surface area contributed by atoms with E-state index in [1.807, 2.05) is 0 Å². The minimum atomic E-state index is -0.647.